The molecule has 4 rings (SSSR count). The van der Waals surface area contributed by atoms with Crippen molar-refractivity contribution in [1.82, 2.24) is 4.98 Å². The van der Waals surface area contributed by atoms with Crippen LogP contribution in [0, 0.1) is 12.7 Å². The summed E-state index contributed by atoms with van der Waals surface area (Å²) in [7, 11) is 1.37. The second-order valence-electron chi connectivity index (χ2n) is 7.78. The molecule has 0 saturated heterocycles. The van der Waals surface area contributed by atoms with Crippen LogP contribution in [0.25, 0.3) is 0 Å². The lowest BCUT2D eigenvalue weighted by Gasteiger charge is -2.27. The van der Waals surface area contributed by atoms with Crippen molar-refractivity contribution >= 4 is 11.7 Å². The molecule has 5 nitrogen and oxygen atoms in total. The normalized spacial score (nSPS) is 15.1. The number of aromatic nitrogens is 1. The number of hydrogen-bond donors (Lipinski definition) is 1. The van der Waals surface area contributed by atoms with Crippen molar-refractivity contribution in [3.05, 3.63) is 82.9 Å². The monoisotopic (exact) mass is 420 g/mol. The number of carbonyl (C=O) groups is 1. The highest BCUT2D eigenvalue weighted by Gasteiger charge is 2.22. The Hall–Kier alpha value is -3.41. The Kier molecular flexibility index (Phi) is 6.16. The molecular weight excluding hydrogens is 395 g/mol. The largest absolute Gasteiger partial charge is 0.465 e. The summed E-state index contributed by atoms with van der Waals surface area (Å²) in [6.07, 6.45) is 6.27. The molecule has 0 unspecified atom stereocenters. The molecule has 0 spiro atoms. The highest BCUT2D eigenvalue weighted by molar-refractivity contribution is 5.95. The van der Waals surface area contributed by atoms with E-state index in [1.165, 1.54) is 24.3 Å². The minimum Gasteiger partial charge on any atom is -0.465 e. The van der Waals surface area contributed by atoms with Crippen LogP contribution in [0.15, 0.2) is 54.9 Å². The predicted octanol–water partition coefficient (Wildman–Crippen LogP) is 5.64. The minimum absolute atomic E-state index is 0.228. The van der Waals surface area contributed by atoms with Crippen molar-refractivity contribution in [3.8, 4) is 11.5 Å². The van der Waals surface area contributed by atoms with Crippen molar-refractivity contribution in [3.63, 3.8) is 0 Å². The van der Waals surface area contributed by atoms with Gasteiger partial charge in [0.05, 0.1) is 24.6 Å². The van der Waals surface area contributed by atoms with Gasteiger partial charge in [0.2, 0.25) is 0 Å². The molecule has 0 bridgehead atoms. The summed E-state index contributed by atoms with van der Waals surface area (Å²) in [6, 6.07) is 12.6. The highest BCUT2D eigenvalue weighted by Crippen LogP contribution is 2.35. The van der Waals surface area contributed by atoms with Crippen LogP contribution >= 0.6 is 0 Å². The minimum atomic E-state index is -0.390. The number of ether oxygens (including phenoxy) is 2. The zero-order valence-electron chi connectivity index (χ0n) is 17.7. The van der Waals surface area contributed by atoms with Gasteiger partial charge in [-0.3, -0.25) is 4.98 Å². The fourth-order valence-electron chi connectivity index (χ4n) is 4.04. The molecule has 1 aliphatic rings. The summed E-state index contributed by atoms with van der Waals surface area (Å²) in [5.74, 6) is 0.401. The molecule has 31 heavy (non-hydrogen) atoms. The number of benzene rings is 2. The first-order valence-electron chi connectivity index (χ1n) is 10.4. The van der Waals surface area contributed by atoms with Crippen LogP contribution in [0.4, 0.5) is 10.1 Å². The maximum absolute atomic E-state index is 14.1. The number of hydrogen-bond acceptors (Lipinski definition) is 5. The number of rotatable bonds is 6. The Morgan fingerprint density at radius 2 is 2.10 bits per heavy atom. The Balaban J connectivity index is 1.49. The van der Waals surface area contributed by atoms with E-state index in [1.807, 2.05) is 25.1 Å². The van der Waals surface area contributed by atoms with E-state index in [1.54, 1.807) is 24.5 Å². The Morgan fingerprint density at radius 1 is 1.23 bits per heavy atom. The van der Waals surface area contributed by atoms with Gasteiger partial charge in [0.25, 0.3) is 0 Å². The molecule has 6 heteroatoms. The summed E-state index contributed by atoms with van der Waals surface area (Å²) < 4.78 is 24.8. The number of nitrogens with zero attached hydrogens (tertiary/aromatic N) is 1. The van der Waals surface area contributed by atoms with Crippen LogP contribution in [-0.4, -0.2) is 24.6 Å². The van der Waals surface area contributed by atoms with Gasteiger partial charge in [-0.1, -0.05) is 12.1 Å². The quantitative estimate of drug-likeness (QED) is 0.523. The lowest BCUT2D eigenvalue weighted by Crippen LogP contribution is -2.19. The molecule has 0 aliphatic heterocycles. The van der Waals surface area contributed by atoms with Gasteiger partial charge >= 0.3 is 5.97 Å². The summed E-state index contributed by atoms with van der Waals surface area (Å²) >= 11 is 0. The maximum atomic E-state index is 14.1. The number of esters is 1. The average Bonchev–Trinajstić information content (AvgIpc) is 2.79. The number of carbonyl (C=O) groups excluding carboxylic acids is 1. The lowest BCUT2D eigenvalue weighted by molar-refractivity contribution is 0.0601. The van der Waals surface area contributed by atoms with Gasteiger partial charge in [0.15, 0.2) is 11.6 Å². The van der Waals surface area contributed by atoms with Gasteiger partial charge in [-0.05, 0) is 73.2 Å². The second-order valence-corrected chi connectivity index (χ2v) is 7.78. The lowest BCUT2D eigenvalue weighted by atomic mass is 9.82. The fourth-order valence-corrected chi connectivity index (χ4v) is 4.04. The van der Waals surface area contributed by atoms with Crippen molar-refractivity contribution in [2.75, 3.05) is 19.0 Å². The van der Waals surface area contributed by atoms with E-state index in [0.717, 1.165) is 24.8 Å². The van der Waals surface area contributed by atoms with Crippen LogP contribution in [0.5, 0.6) is 11.5 Å². The number of nitrogens with one attached hydrogen (secondary N) is 1. The third-order valence-electron chi connectivity index (χ3n) is 5.63. The van der Waals surface area contributed by atoms with Gasteiger partial charge in [-0.15, -0.1) is 0 Å². The number of methoxy groups -OCH3 is 1. The molecule has 1 aromatic heterocycles. The van der Waals surface area contributed by atoms with Crippen LogP contribution in [0.3, 0.4) is 0 Å². The molecule has 0 amide bonds. The molecule has 160 valence electrons. The molecule has 1 atom stereocenters. The Labute approximate surface area is 181 Å². The van der Waals surface area contributed by atoms with Crippen LogP contribution in [0.2, 0.25) is 0 Å². The van der Waals surface area contributed by atoms with Crippen LogP contribution in [-0.2, 0) is 11.2 Å². The van der Waals surface area contributed by atoms with Crippen molar-refractivity contribution in [2.45, 2.75) is 32.1 Å². The second kappa shape index (κ2) is 9.16. The molecule has 1 N–H and O–H groups in total. The van der Waals surface area contributed by atoms with E-state index in [2.05, 4.69) is 16.4 Å². The van der Waals surface area contributed by atoms with Gasteiger partial charge in [0, 0.05) is 18.7 Å². The number of fused-ring (bicyclic) bond motifs is 1. The predicted molar refractivity (Wildman–Crippen MR) is 117 cm³/mol. The number of anilines is 1. The van der Waals surface area contributed by atoms with E-state index >= 15 is 0 Å². The first-order valence-corrected chi connectivity index (χ1v) is 10.4. The molecule has 2 aromatic carbocycles. The topological polar surface area (TPSA) is 60.5 Å². The Morgan fingerprint density at radius 3 is 2.90 bits per heavy atom. The molecule has 0 saturated carbocycles. The SMILES string of the molecule is COC(=O)c1ccncc1NC[C@H]1CCCc2cc(Oc3ccc(C)cc3F)ccc21. The summed E-state index contributed by atoms with van der Waals surface area (Å²) in [5.41, 5.74) is 4.45. The first kappa shape index (κ1) is 20.8. The fraction of sp³-hybridized carbons (Fsp3) is 0.280. The average molecular weight is 420 g/mol. The van der Waals surface area contributed by atoms with E-state index in [4.69, 9.17) is 9.47 Å². The number of halogens is 1. The smallest absolute Gasteiger partial charge is 0.340 e. The van der Waals surface area contributed by atoms with Crippen molar-refractivity contribution < 1.29 is 18.7 Å². The molecule has 3 aromatic rings. The third kappa shape index (κ3) is 4.68. The van der Waals surface area contributed by atoms with E-state index < -0.39 is 0 Å². The molecule has 0 radical (unpaired) electrons. The van der Waals surface area contributed by atoms with E-state index in [0.29, 0.717) is 29.5 Å². The summed E-state index contributed by atoms with van der Waals surface area (Å²) in [5, 5.41) is 3.36. The van der Waals surface area contributed by atoms with E-state index in [9.17, 15) is 9.18 Å². The van der Waals surface area contributed by atoms with Gasteiger partial charge in [0.1, 0.15) is 5.75 Å². The Bertz CT molecular complexity index is 1100. The third-order valence-corrected chi connectivity index (χ3v) is 5.63. The first-order chi connectivity index (χ1) is 15.0. The summed E-state index contributed by atoms with van der Waals surface area (Å²) in [4.78, 5) is 16.1. The van der Waals surface area contributed by atoms with Gasteiger partial charge < -0.3 is 14.8 Å². The standard InChI is InChI=1S/C25H25FN2O3/c1-16-6-9-24(22(26)12-16)31-19-7-8-20-17(13-19)4-3-5-18(20)14-28-23-15-27-11-10-21(23)25(29)30-2/h6-13,15,18,28H,3-5,14H2,1-2H3/t18-/m1/s1. The highest BCUT2D eigenvalue weighted by atomic mass is 19.1. The summed E-state index contributed by atoms with van der Waals surface area (Å²) in [6.45, 7) is 2.52. The zero-order chi connectivity index (χ0) is 21.8. The molecular formula is C25H25FN2O3. The number of aryl methyl sites for hydroxylation is 2. The van der Waals surface area contributed by atoms with E-state index in [-0.39, 0.29) is 17.5 Å². The number of pyridine rings is 1. The maximum Gasteiger partial charge on any atom is 0.340 e. The van der Waals surface area contributed by atoms with Gasteiger partial charge in [-0.2, -0.15) is 0 Å². The van der Waals surface area contributed by atoms with Crippen LogP contribution in [0.1, 0.15) is 45.8 Å². The zero-order valence-corrected chi connectivity index (χ0v) is 17.7. The van der Waals surface area contributed by atoms with Crippen LogP contribution < -0.4 is 10.1 Å². The van der Waals surface area contributed by atoms with Crippen molar-refractivity contribution in [2.24, 2.45) is 0 Å². The van der Waals surface area contributed by atoms with Gasteiger partial charge in [-0.25, -0.2) is 9.18 Å². The molecule has 0 fully saturated rings. The van der Waals surface area contributed by atoms with Crippen molar-refractivity contribution in [1.29, 1.82) is 0 Å². The molecule has 1 heterocycles. The molecule has 1 aliphatic carbocycles.